The van der Waals surface area contributed by atoms with E-state index in [1.807, 2.05) is 6.92 Å². The third kappa shape index (κ3) is 3.95. The maximum absolute atomic E-state index is 12.4. The first kappa shape index (κ1) is 16.7. The summed E-state index contributed by atoms with van der Waals surface area (Å²) >= 11 is 0. The van der Waals surface area contributed by atoms with Crippen LogP contribution in [0.15, 0.2) is 18.3 Å². The minimum Gasteiger partial charge on any atom is -0.384 e. The Labute approximate surface area is 131 Å². The molecule has 0 aromatic carbocycles. The molecule has 2 heterocycles. The van der Waals surface area contributed by atoms with Crippen molar-refractivity contribution in [2.24, 2.45) is 0 Å². The molecule has 0 saturated carbocycles. The minimum atomic E-state index is -3.39. The Hall–Kier alpha value is -1.67. The Kier molecular flexibility index (Phi) is 5.36. The summed E-state index contributed by atoms with van der Waals surface area (Å²) in [4.78, 5) is 16.3. The fraction of sp³-hybridized carbons (Fsp3) is 0.571. The molecule has 1 aromatic heterocycles. The Morgan fingerprint density at radius 3 is 2.86 bits per heavy atom. The number of anilines is 2. The molecular formula is C14H22N4O3S. The van der Waals surface area contributed by atoms with Gasteiger partial charge in [-0.3, -0.25) is 4.79 Å². The highest BCUT2D eigenvalue weighted by Gasteiger charge is 2.36. The first-order chi connectivity index (χ1) is 10.4. The van der Waals surface area contributed by atoms with Crippen LogP contribution in [0.2, 0.25) is 0 Å². The number of rotatable bonds is 5. The zero-order valence-electron chi connectivity index (χ0n) is 12.7. The molecule has 122 valence electrons. The molecule has 8 heteroatoms. The number of pyridine rings is 1. The van der Waals surface area contributed by atoms with Gasteiger partial charge in [0.2, 0.25) is 15.9 Å². The van der Waals surface area contributed by atoms with Gasteiger partial charge in [0.25, 0.3) is 0 Å². The maximum Gasteiger partial charge on any atom is 0.242 e. The summed E-state index contributed by atoms with van der Waals surface area (Å²) in [6.07, 6.45) is 4.17. The number of nitrogens with two attached hydrogens (primary N) is 1. The molecule has 1 amide bonds. The molecule has 1 unspecified atom stereocenters. The van der Waals surface area contributed by atoms with Gasteiger partial charge in [-0.1, -0.05) is 13.3 Å². The number of nitrogen functional groups attached to an aromatic ring is 1. The molecule has 0 bridgehead atoms. The number of nitrogens with one attached hydrogen (secondary N) is 1. The number of hydrogen-bond acceptors (Lipinski definition) is 5. The molecule has 1 aliphatic heterocycles. The second-order valence-electron chi connectivity index (χ2n) is 5.40. The van der Waals surface area contributed by atoms with Gasteiger partial charge in [0, 0.05) is 6.54 Å². The molecule has 22 heavy (non-hydrogen) atoms. The molecule has 1 aromatic rings. The second-order valence-corrected chi connectivity index (χ2v) is 7.44. The zero-order valence-corrected chi connectivity index (χ0v) is 13.5. The molecule has 0 aliphatic carbocycles. The van der Waals surface area contributed by atoms with E-state index < -0.39 is 16.1 Å². The van der Waals surface area contributed by atoms with E-state index in [0.717, 1.165) is 12.8 Å². The van der Waals surface area contributed by atoms with Crippen LogP contribution in [0, 0.1) is 0 Å². The fourth-order valence-electron chi connectivity index (χ4n) is 2.58. The molecule has 1 atom stereocenters. The lowest BCUT2D eigenvalue weighted by Gasteiger charge is -2.33. The highest BCUT2D eigenvalue weighted by molar-refractivity contribution is 7.89. The van der Waals surface area contributed by atoms with Crippen LogP contribution in [-0.2, 0) is 14.8 Å². The monoisotopic (exact) mass is 326 g/mol. The lowest BCUT2D eigenvalue weighted by molar-refractivity contribution is -0.120. The number of sulfonamides is 1. The van der Waals surface area contributed by atoms with Gasteiger partial charge in [0.15, 0.2) is 0 Å². The van der Waals surface area contributed by atoms with Gasteiger partial charge in [-0.2, -0.15) is 4.31 Å². The van der Waals surface area contributed by atoms with Gasteiger partial charge >= 0.3 is 0 Å². The van der Waals surface area contributed by atoms with E-state index in [1.54, 1.807) is 12.1 Å². The Balaban J connectivity index is 2.13. The van der Waals surface area contributed by atoms with E-state index in [4.69, 9.17) is 5.73 Å². The molecule has 1 fully saturated rings. The quantitative estimate of drug-likeness (QED) is 0.845. The highest BCUT2D eigenvalue weighted by atomic mass is 32.2. The summed E-state index contributed by atoms with van der Waals surface area (Å²) in [5.41, 5.74) is 6.01. The summed E-state index contributed by atoms with van der Waals surface area (Å²) < 4.78 is 26.0. The van der Waals surface area contributed by atoms with Crippen molar-refractivity contribution in [3.8, 4) is 0 Å². The first-order valence-corrected chi connectivity index (χ1v) is 9.07. The summed E-state index contributed by atoms with van der Waals surface area (Å²) in [7, 11) is -3.39. The normalized spacial score (nSPS) is 19.8. The number of amides is 1. The SMILES string of the molecule is CCCS(=O)(=O)N1CCCCC1C(=O)Nc1ccc(N)nc1. The van der Waals surface area contributed by atoms with E-state index in [2.05, 4.69) is 10.3 Å². The highest BCUT2D eigenvalue weighted by Crippen LogP contribution is 2.22. The van der Waals surface area contributed by atoms with Crippen molar-refractivity contribution < 1.29 is 13.2 Å². The third-order valence-corrected chi connectivity index (χ3v) is 5.71. The van der Waals surface area contributed by atoms with Gasteiger partial charge in [-0.25, -0.2) is 13.4 Å². The smallest absolute Gasteiger partial charge is 0.242 e. The predicted molar refractivity (Wildman–Crippen MR) is 85.7 cm³/mol. The van der Waals surface area contributed by atoms with Gasteiger partial charge < -0.3 is 11.1 Å². The topological polar surface area (TPSA) is 105 Å². The molecule has 1 saturated heterocycles. The number of carbonyl (C=O) groups is 1. The second kappa shape index (κ2) is 7.06. The third-order valence-electron chi connectivity index (χ3n) is 3.63. The van der Waals surface area contributed by atoms with Crippen molar-refractivity contribution in [2.45, 2.75) is 38.6 Å². The fourth-order valence-corrected chi connectivity index (χ4v) is 4.33. The van der Waals surface area contributed by atoms with Crippen LogP contribution in [0.25, 0.3) is 0 Å². The van der Waals surface area contributed by atoms with Gasteiger partial charge in [-0.05, 0) is 31.4 Å². The van der Waals surface area contributed by atoms with Crippen molar-refractivity contribution in [3.05, 3.63) is 18.3 Å². The average Bonchev–Trinajstić information content (AvgIpc) is 2.49. The molecule has 0 spiro atoms. The van der Waals surface area contributed by atoms with Crippen LogP contribution in [0.1, 0.15) is 32.6 Å². The zero-order chi connectivity index (χ0) is 16.2. The van der Waals surface area contributed by atoms with E-state index in [-0.39, 0.29) is 11.7 Å². The van der Waals surface area contributed by atoms with Gasteiger partial charge in [-0.15, -0.1) is 0 Å². The number of hydrogen-bond donors (Lipinski definition) is 2. The number of carbonyl (C=O) groups excluding carboxylic acids is 1. The van der Waals surface area contributed by atoms with Crippen molar-refractivity contribution in [1.29, 1.82) is 0 Å². The molecule has 2 rings (SSSR count). The van der Waals surface area contributed by atoms with Crippen molar-refractivity contribution >= 4 is 27.4 Å². The van der Waals surface area contributed by atoms with Gasteiger partial charge in [0.05, 0.1) is 17.6 Å². The number of nitrogens with zero attached hydrogens (tertiary/aromatic N) is 2. The molecule has 1 aliphatic rings. The van der Waals surface area contributed by atoms with Crippen LogP contribution < -0.4 is 11.1 Å². The van der Waals surface area contributed by atoms with Crippen LogP contribution >= 0.6 is 0 Å². The van der Waals surface area contributed by atoms with E-state index in [0.29, 0.717) is 30.9 Å². The molecule has 0 radical (unpaired) electrons. The van der Waals surface area contributed by atoms with Crippen molar-refractivity contribution in [1.82, 2.24) is 9.29 Å². The Morgan fingerprint density at radius 1 is 1.45 bits per heavy atom. The summed E-state index contributed by atoms with van der Waals surface area (Å²) in [6.45, 7) is 2.22. The standard InChI is InChI=1S/C14H22N4O3S/c1-2-9-22(20,21)18-8-4-3-5-12(18)14(19)17-11-6-7-13(15)16-10-11/h6-7,10,12H,2-5,8-9H2,1H3,(H2,15,16)(H,17,19). The largest absolute Gasteiger partial charge is 0.384 e. The van der Waals surface area contributed by atoms with Crippen LogP contribution in [0.3, 0.4) is 0 Å². The summed E-state index contributed by atoms with van der Waals surface area (Å²) in [5.74, 6) is 0.119. The van der Waals surface area contributed by atoms with Crippen LogP contribution in [-0.4, -0.2) is 42.0 Å². The Bertz CT molecular complexity index is 615. The van der Waals surface area contributed by atoms with Crippen LogP contribution in [0.5, 0.6) is 0 Å². The molecule has 7 nitrogen and oxygen atoms in total. The average molecular weight is 326 g/mol. The minimum absolute atomic E-state index is 0.0696. The number of piperidine rings is 1. The van der Waals surface area contributed by atoms with Crippen LogP contribution in [0.4, 0.5) is 11.5 Å². The predicted octanol–water partition coefficient (Wildman–Crippen LogP) is 1.20. The number of aromatic nitrogens is 1. The Morgan fingerprint density at radius 2 is 2.23 bits per heavy atom. The first-order valence-electron chi connectivity index (χ1n) is 7.46. The lowest BCUT2D eigenvalue weighted by Crippen LogP contribution is -2.50. The summed E-state index contributed by atoms with van der Waals surface area (Å²) in [6, 6.07) is 2.58. The maximum atomic E-state index is 12.4. The van der Waals surface area contributed by atoms with Crippen molar-refractivity contribution in [3.63, 3.8) is 0 Å². The van der Waals surface area contributed by atoms with E-state index in [1.165, 1.54) is 10.5 Å². The van der Waals surface area contributed by atoms with E-state index >= 15 is 0 Å². The van der Waals surface area contributed by atoms with Gasteiger partial charge in [0.1, 0.15) is 11.9 Å². The molecular weight excluding hydrogens is 304 g/mol. The van der Waals surface area contributed by atoms with E-state index in [9.17, 15) is 13.2 Å². The molecule has 3 N–H and O–H groups in total. The summed E-state index contributed by atoms with van der Waals surface area (Å²) in [5, 5.41) is 2.72. The lowest BCUT2D eigenvalue weighted by atomic mass is 10.0. The van der Waals surface area contributed by atoms with Crippen molar-refractivity contribution in [2.75, 3.05) is 23.3 Å².